The molecule has 0 bridgehead atoms. The monoisotopic (exact) mass is 728 g/mol. The number of pyridine rings is 2. The number of carbonyl (C=O) groups excluding carboxylic acids is 1. The van der Waals surface area contributed by atoms with Gasteiger partial charge in [-0.05, 0) is 65.8 Å². The average Bonchev–Trinajstić information content (AvgIpc) is 3.61. The molecule has 0 aliphatic rings. The van der Waals surface area contributed by atoms with E-state index in [0.29, 0.717) is 21.7 Å². The Morgan fingerprint density at radius 1 is 0.915 bits per heavy atom. The molecule has 0 saturated heterocycles. The van der Waals surface area contributed by atoms with Crippen LogP contribution in [0, 0.1) is 48.9 Å². The number of halogens is 3. The fourth-order valence-electron chi connectivity index (χ4n) is 2.85. The molecule has 246 valence electrons. The Bertz CT molecular complexity index is 1700. The molecule has 0 saturated carbocycles. The van der Waals surface area contributed by atoms with Gasteiger partial charge < -0.3 is 10.1 Å². The molecule has 0 atom stereocenters. The summed E-state index contributed by atoms with van der Waals surface area (Å²) in [4.78, 5) is 30.3. The van der Waals surface area contributed by atoms with Crippen LogP contribution in [0.4, 0.5) is 14.8 Å². The number of hydrogen-bond acceptors (Lipinski definition) is 9. The van der Waals surface area contributed by atoms with Crippen molar-refractivity contribution < 1.29 is 9.53 Å². The van der Waals surface area contributed by atoms with Crippen molar-refractivity contribution in [3.05, 3.63) is 59.4 Å². The number of terminal acetylenes is 3. The fourth-order valence-corrected chi connectivity index (χ4v) is 5.31. The molecule has 0 spiro atoms. The van der Waals surface area contributed by atoms with E-state index in [1.807, 2.05) is 32.0 Å². The minimum Gasteiger partial charge on any atom is -0.443 e. The van der Waals surface area contributed by atoms with E-state index in [2.05, 4.69) is 61.3 Å². The highest BCUT2D eigenvalue weighted by molar-refractivity contribution is 7.20. The van der Waals surface area contributed by atoms with E-state index in [1.54, 1.807) is 58.5 Å². The van der Waals surface area contributed by atoms with Crippen LogP contribution in [0.15, 0.2) is 49.1 Å². The number of rotatable bonds is 6. The zero-order chi connectivity index (χ0) is 34.5. The number of aromatic nitrogens is 4. The zero-order valence-corrected chi connectivity index (χ0v) is 30.8. The Labute approximate surface area is 302 Å². The summed E-state index contributed by atoms with van der Waals surface area (Å²) < 4.78 is 5.38. The van der Waals surface area contributed by atoms with Gasteiger partial charge in [0.2, 0.25) is 0 Å². The normalized spacial score (nSPS) is 9.13. The van der Waals surface area contributed by atoms with Crippen LogP contribution < -0.4 is 10.2 Å². The summed E-state index contributed by atoms with van der Waals surface area (Å²) in [6.07, 6.45) is 21.4. The summed E-state index contributed by atoms with van der Waals surface area (Å²) in [5.74, 6) is 12.5. The average molecular weight is 730 g/mol. The number of amides is 1. The third kappa shape index (κ3) is 15.7. The van der Waals surface area contributed by atoms with Gasteiger partial charge in [0.15, 0.2) is 10.3 Å². The van der Waals surface area contributed by atoms with Crippen molar-refractivity contribution in [1.82, 2.24) is 19.9 Å². The van der Waals surface area contributed by atoms with Crippen LogP contribution in [0.1, 0.15) is 41.5 Å². The molecule has 0 aliphatic heterocycles. The number of hydrogen-bond donors (Lipinski definition) is 1. The second kappa shape index (κ2) is 23.1. The van der Waals surface area contributed by atoms with Crippen molar-refractivity contribution >= 4 is 74.4 Å². The van der Waals surface area contributed by atoms with Crippen LogP contribution in [0.3, 0.4) is 0 Å². The lowest BCUT2D eigenvalue weighted by atomic mass is 10.2. The highest BCUT2D eigenvalue weighted by Gasteiger charge is 2.27. The lowest BCUT2D eigenvalue weighted by Gasteiger charge is -2.25. The van der Waals surface area contributed by atoms with Crippen molar-refractivity contribution in [3.8, 4) is 70.0 Å². The molecule has 4 rings (SSSR count). The Kier molecular flexibility index (Phi) is 21.0. The van der Waals surface area contributed by atoms with E-state index in [9.17, 15) is 4.79 Å². The van der Waals surface area contributed by atoms with Crippen molar-refractivity contribution in [2.45, 2.75) is 47.1 Å². The van der Waals surface area contributed by atoms with Crippen LogP contribution in [0.2, 0.25) is 10.3 Å². The van der Waals surface area contributed by atoms with Gasteiger partial charge in [0.1, 0.15) is 25.6 Å². The molecule has 0 unspecified atom stereocenters. The van der Waals surface area contributed by atoms with E-state index < -0.39 is 11.7 Å². The predicted molar refractivity (Wildman–Crippen MR) is 201 cm³/mol. The first kappa shape index (κ1) is 42.7. The van der Waals surface area contributed by atoms with Gasteiger partial charge in [-0.3, -0.25) is 14.9 Å². The first-order valence-electron chi connectivity index (χ1n) is 13.4. The second-order valence-electron chi connectivity index (χ2n) is 9.35. The molecule has 0 aromatic carbocycles. The standard InChI is InChI=1S/C16H16ClN3O2S.C11H8ClN3S.C4H6.C3H4.ClH/c1-5-9-20(15(21)22-16(2,3)4)14-12(17)19-13(23-14)11-7-6-8-18-10-11;1-2-5-14-11-9(12)15-10(16-11)8-4-3-6-13-7-8;1-3-4-2;1-3-2;/h1,6-8,10H,9H2,2-4H3;1,3-4,6-7,14H,5H2;1-2H3;1H,2H3;1H. The van der Waals surface area contributed by atoms with Crippen molar-refractivity contribution in [2.75, 3.05) is 23.3 Å². The Morgan fingerprint density at radius 2 is 1.43 bits per heavy atom. The van der Waals surface area contributed by atoms with Gasteiger partial charge in [-0.25, -0.2) is 14.8 Å². The van der Waals surface area contributed by atoms with Gasteiger partial charge in [-0.2, -0.15) is 0 Å². The minimum absolute atomic E-state index is 0. The van der Waals surface area contributed by atoms with Crippen LogP contribution in [0.5, 0.6) is 0 Å². The van der Waals surface area contributed by atoms with Crippen LogP contribution in [-0.4, -0.2) is 44.7 Å². The summed E-state index contributed by atoms with van der Waals surface area (Å²) >= 11 is 14.9. The van der Waals surface area contributed by atoms with Gasteiger partial charge in [0.25, 0.3) is 0 Å². The van der Waals surface area contributed by atoms with Crippen molar-refractivity contribution in [2.24, 2.45) is 0 Å². The number of thiazole rings is 2. The van der Waals surface area contributed by atoms with Gasteiger partial charge >= 0.3 is 6.09 Å². The largest absolute Gasteiger partial charge is 0.443 e. The van der Waals surface area contributed by atoms with Gasteiger partial charge in [0.05, 0.1) is 13.1 Å². The highest BCUT2D eigenvalue weighted by atomic mass is 35.5. The third-order valence-electron chi connectivity index (χ3n) is 4.68. The third-order valence-corrected chi connectivity index (χ3v) is 7.63. The Morgan fingerprint density at radius 3 is 1.85 bits per heavy atom. The molecule has 1 amide bonds. The molecular weight excluding hydrogens is 695 g/mol. The first-order valence-corrected chi connectivity index (χ1v) is 15.8. The lowest BCUT2D eigenvalue weighted by Crippen LogP contribution is -2.36. The molecule has 0 fully saturated rings. The topological polar surface area (TPSA) is 93.1 Å². The molecule has 0 aliphatic carbocycles. The predicted octanol–water partition coefficient (Wildman–Crippen LogP) is 9.23. The summed E-state index contributed by atoms with van der Waals surface area (Å²) in [7, 11) is 0. The molecule has 13 heteroatoms. The molecule has 0 radical (unpaired) electrons. The highest BCUT2D eigenvalue weighted by Crippen LogP contribution is 2.38. The zero-order valence-electron chi connectivity index (χ0n) is 26.8. The van der Waals surface area contributed by atoms with E-state index >= 15 is 0 Å². The minimum atomic E-state index is -0.632. The Balaban J connectivity index is 0.000000765. The number of nitrogens with zero attached hydrogens (tertiary/aromatic N) is 5. The maximum atomic E-state index is 12.4. The maximum Gasteiger partial charge on any atom is 0.416 e. The van der Waals surface area contributed by atoms with Gasteiger partial charge in [0, 0.05) is 35.9 Å². The summed E-state index contributed by atoms with van der Waals surface area (Å²) in [5, 5.41) is 6.40. The smallest absolute Gasteiger partial charge is 0.416 e. The van der Waals surface area contributed by atoms with Crippen LogP contribution in [-0.2, 0) is 4.74 Å². The van der Waals surface area contributed by atoms with Crippen LogP contribution >= 0.6 is 58.3 Å². The van der Waals surface area contributed by atoms with E-state index in [4.69, 9.17) is 40.8 Å². The molecule has 4 heterocycles. The molecule has 8 nitrogen and oxygen atoms in total. The quantitative estimate of drug-likeness (QED) is 0.198. The van der Waals surface area contributed by atoms with E-state index in [1.165, 1.54) is 27.6 Å². The lowest BCUT2D eigenvalue weighted by molar-refractivity contribution is 0.0586. The SMILES string of the molecule is C#CC.C#CCN(C(=O)OC(C)(C)C)c1sc(-c2cccnc2)nc1Cl.C#CCNc1sc(-c2cccnc2)nc1Cl.CC#CC.Cl. The van der Waals surface area contributed by atoms with Gasteiger partial charge in [-0.15, -0.1) is 49.4 Å². The fraction of sp³-hybridized carbons (Fsp3) is 0.265. The van der Waals surface area contributed by atoms with E-state index in [-0.39, 0.29) is 24.1 Å². The maximum absolute atomic E-state index is 12.4. The molecule has 47 heavy (non-hydrogen) atoms. The Hall–Kier alpha value is -4.26. The summed E-state index contributed by atoms with van der Waals surface area (Å²) in [6.45, 7) is 11.1. The van der Waals surface area contributed by atoms with Gasteiger partial charge in [-0.1, -0.05) is 57.7 Å². The first-order chi connectivity index (χ1) is 22.0. The number of anilines is 2. The molecule has 1 N–H and O–H groups in total. The summed E-state index contributed by atoms with van der Waals surface area (Å²) in [6, 6.07) is 7.47. The molecule has 4 aromatic rings. The number of carbonyl (C=O) groups is 1. The van der Waals surface area contributed by atoms with Crippen LogP contribution in [0.25, 0.3) is 21.1 Å². The number of ether oxygens (including phenoxy) is 1. The van der Waals surface area contributed by atoms with Crippen molar-refractivity contribution in [3.63, 3.8) is 0 Å². The number of nitrogens with one attached hydrogen (secondary N) is 1. The second-order valence-corrected chi connectivity index (χ2v) is 12.0. The molecule has 4 aromatic heterocycles. The summed E-state index contributed by atoms with van der Waals surface area (Å²) in [5.41, 5.74) is 1.13. The van der Waals surface area contributed by atoms with E-state index in [0.717, 1.165) is 21.1 Å². The van der Waals surface area contributed by atoms with Crippen molar-refractivity contribution in [1.29, 1.82) is 0 Å². The molecular formula is C34H35Cl3N6O2S2.